The first-order valence-electron chi connectivity index (χ1n) is 11.5. The minimum absolute atomic E-state index is 0.159. The number of carbonyl (C=O) groups excluding carboxylic acids is 2. The SMILES string of the molecule is CCOC(=O)/C(=C(\N[C@H](CC)c1ccc(C)o1)C(N)=Nc1ccc(C(F)(F)F)c(C(=O)N(C)C)c1O)S(=O)O. The van der Waals surface area contributed by atoms with Crippen LogP contribution in [0.4, 0.5) is 18.9 Å². The van der Waals surface area contributed by atoms with Crippen molar-refractivity contribution in [2.24, 2.45) is 10.7 Å². The quantitative estimate of drug-likeness (QED) is 0.109. The molecule has 1 heterocycles. The van der Waals surface area contributed by atoms with Crippen LogP contribution < -0.4 is 11.1 Å². The van der Waals surface area contributed by atoms with E-state index in [1.807, 2.05) is 0 Å². The summed E-state index contributed by atoms with van der Waals surface area (Å²) in [5.74, 6) is -3.25. The number of hydrogen-bond donors (Lipinski definition) is 4. The maximum Gasteiger partial charge on any atom is 0.417 e. The van der Waals surface area contributed by atoms with Crippen molar-refractivity contribution >= 4 is 34.5 Å². The van der Waals surface area contributed by atoms with Gasteiger partial charge in [0.15, 0.2) is 21.7 Å². The molecule has 11 nitrogen and oxygen atoms in total. The molecule has 0 aliphatic carbocycles. The van der Waals surface area contributed by atoms with Crippen LogP contribution in [0.2, 0.25) is 0 Å². The number of aryl methyl sites for hydroxylation is 1. The summed E-state index contributed by atoms with van der Waals surface area (Å²) in [5, 5.41) is 13.5. The van der Waals surface area contributed by atoms with E-state index in [1.165, 1.54) is 21.0 Å². The third kappa shape index (κ3) is 7.38. The van der Waals surface area contributed by atoms with Crippen LogP contribution in [0.25, 0.3) is 0 Å². The van der Waals surface area contributed by atoms with Crippen LogP contribution in [0, 0.1) is 6.92 Å². The molecule has 1 aromatic carbocycles. The molecule has 1 unspecified atom stereocenters. The Labute approximate surface area is 224 Å². The van der Waals surface area contributed by atoms with Gasteiger partial charge in [0, 0.05) is 14.1 Å². The van der Waals surface area contributed by atoms with Crippen molar-refractivity contribution in [3.05, 3.63) is 57.5 Å². The molecule has 0 radical (unpaired) electrons. The highest BCUT2D eigenvalue weighted by molar-refractivity contribution is 7.84. The number of rotatable bonds is 10. The van der Waals surface area contributed by atoms with Gasteiger partial charge in [0.2, 0.25) is 0 Å². The molecule has 0 spiro atoms. The van der Waals surface area contributed by atoms with Gasteiger partial charge in [0.1, 0.15) is 28.7 Å². The average Bonchev–Trinajstić information content (AvgIpc) is 3.27. The summed E-state index contributed by atoms with van der Waals surface area (Å²) in [4.78, 5) is 29.0. The summed E-state index contributed by atoms with van der Waals surface area (Å²) in [5.41, 5.74) is 2.56. The van der Waals surface area contributed by atoms with E-state index in [9.17, 15) is 36.6 Å². The number of phenols is 1. The van der Waals surface area contributed by atoms with E-state index in [0.717, 1.165) is 11.0 Å². The summed E-state index contributed by atoms with van der Waals surface area (Å²) in [7, 11) is 2.39. The maximum absolute atomic E-state index is 13.6. The predicted octanol–water partition coefficient (Wildman–Crippen LogP) is 3.74. The topological polar surface area (TPSA) is 168 Å². The molecule has 39 heavy (non-hydrogen) atoms. The van der Waals surface area contributed by atoms with Crippen LogP contribution in [0.15, 0.2) is 44.3 Å². The zero-order valence-electron chi connectivity index (χ0n) is 21.8. The molecule has 2 rings (SSSR count). The number of aromatic hydroxyl groups is 1. The molecule has 214 valence electrons. The van der Waals surface area contributed by atoms with E-state index < -0.39 is 74.2 Å². The molecule has 15 heteroatoms. The summed E-state index contributed by atoms with van der Waals surface area (Å²) in [6.45, 7) is 4.73. The van der Waals surface area contributed by atoms with Gasteiger partial charge < -0.3 is 34.8 Å². The number of amidine groups is 1. The van der Waals surface area contributed by atoms with E-state index in [1.54, 1.807) is 26.0 Å². The van der Waals surface area contributed by atoms with Crippen molar-refractivity contribution in [1.82, 2.24) is 10.2 Å². The first kappa shape index (κ1) is 31.4. The van der Waals surface area contributed by atoms with Gasteiger partial charge in [0.05, 0.1) is 23.8 Å². The summed E-state index contributed by atoms with van der Waals surface area (Å²) in [6.07, 6.45) is -4.66. The van der Waals surface area contributed by atoms with Gasteiger partial charge in [0.25, 0.3) is 5.91 Å². The van der Waals surface area contributed by atoms with Crippen molar-refractivity contribution in [2.45, 2.75) is 39.4 Å². The van der Waals surface area contributed by atoms with Crippen molar-refractivity contribution in [3.8, 4) is 5.75 Å². The third-order valence-corrected chi connectivity index (χ3v) is 5.99. The molecular formula is C24H29F3N4O7S. The van der Waals surface area contributed by atoms with Crippen LogP contribution in [-0.4, -0.2) is 57.2 Å². The predicted molar refractivity (Wildman–Crippen MR) is 136 cm³/mol. The van der Waals surface area contributed by atoms with Crippen LogP contribution in [0.5, 0.6) is 5.75 Å². The Kier molecular flexibility index (Phi) is 10.3. The molecule has 0 fully saturated rings. The number of aliphatic imine (C=N–C) groups is 1. The Bertz CT molecular complexity index is 1320. The number of furan rings is 1. The summed E-state index contributed by atoms with van der Waals surface area (Å²) >= 11 is -2.97. The van der Waals surface area contributed by atoms with Gasteiger partial charge in [-0.15, -0.1) is 0 Å². The Morgan fingerprint density at radius 2 is 1.87 bits per heavy atom. The zero-order valence-corrected chi connectivity index (χ0v) is 22.6. The number of nitrogens with two attached hydrogens (primary N) is 1. The number of amides is 1. The smallest absolute Gasteiger partial charge is 0.417 e. The largest absolute Gasteiger partial charge is 0.505 e. The maximum atomic E-state index is 13.6. The van der Waals surface area contributed by atoms with Crippen molar-refractivity contribution < 1.29 is 45.8 Å². The van der Waals surface area contributed by atoms with Crippen molar-refractivity contribution in [3.63, 3.8) is 0 Å². The number of phenolic OH excluding ortho intramolecular Hbond substituents is 1. The minimum atomic E-state index is -4.99. The van der Waals surface area contributed by atoms with E-state index in [4.69, 9.17) is 14.9 Å². The molecule has 0 bridgehead atoms. The normalized spacial score (nSPS) is 14.3. The highest BCUT2D eigenvalue weighted by Gasteiger charge is 2.38. The number of alkyl halides is 3. The lowest BCUT2D eigenvalue weighted by atomic mass is 10.0. The van der Waals surface area contributed by atoms with Gasteiger partial charge in [-0.2, -0.15) is 13.2 Å². The number of esters is 1. The van der Waals surface area contributed by atoms with Crippen LogP contribution in [0.1, 0.15) is 53.8 Å². The Hall–Kier alpha value is -3.85. The lowest BCUT2D eigenvalue weighted by Gasteiger charge is -2.21. The molecular weight excluding hydrogens is 545 g/mol. The molecule has 0 aliphatic heterocycles. The average molecular weight is 575 g/mol. The molecule has 0 saturated heterocycles. The Morgan fingerprint density at radius 1 is 1.23 bits per heavy atom. The highest BCUT2D eigenvalue weighted by Crippen LogP contribution is 2.41. The van der Waals surface area contributed by atoms with E-state index in [0.29, 0.717) is 24.0 Å². The lowest BCUT2D eigenvalue weighted by molar-refractivity contribution is -0.138. The number of halogens is 3. The molecule has 2 atom stereocenters. The molecule has 1 amide bonds. The second-order valence-corrected chi connectivity index (χ2v) is 9.18. The van der Waals surface area contributed by atoms with Crippen LogP contribution >= 0.6 is 0 Å². The Morgan fingerprint density at radius 3 is 2.33 bits per heavy atom. The highest BCUT2D eigenvalue weighted by atomic mass is 32.2. The molecule has 0 saturated carbocycles. The van der Waals surface area contributed by atoms with E-state index in [2.05, 4.69) is 10.3 Å². The van der Waals surface area contributed by atoms with Gasteiger partial charge in [-0.25, -0.2) is 14.0 Å². The lowest BCUT2D eigenvalue weighted by Crippen LogP contribution is -2.34. The fourth-order valence-electron chi connectivity index (χ4n) is 3.43. The number of hydrogen-bond acceptors (Lipinski definition) is 8. The van der Waals surface area contributed by atoms with Crippen LogP contribution in [0.3, 0.4) is 0 Å². The monoisotopic (exact) mass is 574 g/mol. The number of carbonyl (C=O) groups is 2. The molecule has 0 aliphatic rings. The number of ether oxygens (including phenoxy) is 1. The molecule has 2 aromatic rings. The van der Waals surface area contributed by atoms with Crippen molar-refractivity contribution in [2.75, 3.05) is 20.7 Å². The minimum Gasteiger partial charge on any atom is -0.505 e. The number of benzene rings is 1. The standard InChI is InChI=1S/C24H29F3N4O7S/c1-6-14(16-11-8-12(3)38-16)29-18(20(39(35)36)23(34)37-7-2)21(28)30-15-10-9-13(24(25,26)27)17(19(15)32)22(33)31(4)5/h8-11,14,29,32H,6-7H2,1-5H3,(H2,28,30)(H,35,36)/b20-18+/t14-/m1/s1. The van der Waals surface area contributed by atoms with E-state index >= 15 is 0 Å². The number of nitrogens with one attached hydrogen (secondary N) is 1. The fourth-order valence-corrected chi connectivity index (χ4v) is 3.97. The fraction of sp³-hybridized carbons (Fsp3) is 0.375. The zero-order chi connectivity index (χ0) is 29.7. The molecule has 1 aromatic heterocycles. The van der Waals surface area contributed by atoms with E-state index in [-0.39, 0.29) is 6.61 Å². The van der Waals surface area contributed by atoms with Crippen molar-refractivity contribution in [1.29, 1.82) is 0 Å². The number of nitrogens with zero attached hydrogens (tertiary/aromatic N) is 2. The first-order valence-corrected chi connectivity index (χ1v) is 12.6. The van der Waals surface area contributed by atoms with Gasteiger partial charge in [-0.3, -0.25) is 4.79 Å². The third-order valence-electron chi connectivity index (χ3n) is 5.27. The first-order chi connectivity index (χ1) is 18.1. The van der Waals surface area contributed by atoms with Crippen LogP contribution in [-0.2, 0) is 26.8 Å². The Balaban J connectivity index is 2.81. The summed E-state index contributed by atoms with van der Waals surface area (Å²) in [6, 6.07) is 3.89. The second-order valence-electron chi connectivity index (χ2n) is 8.28. The molecule has 5 N–H and O–H groups in total. The second kappa shape index (κ2) is 12.8. The summed E-state index contributed by atoms with van der Waals surface area (Å²) < 4.78 is 73.4. The van der Waals surface area contributed by atoms with Gasteiger partial charge >= 0.3 is 12.1 Å². The van der Waals surface area contributed by atoms with Gasteiger partial charge in [-0.1, -0.05) is 6.92 Å². The van der Waals surface area contributed by atoms with Gasteiger partial charge in [-0.05, 0) is 44.5 Å².